The summed E-state index contributed by atoms with van der Waals surface area (Å²) in [4.78, 5) is 34.0. The number of nitrogens with one attached hydrogen (secondary N) is 1. The van der Waals surface area contributed by atoms with E-state index in [1.165, 1.54) is 64.2 Å². The molecule has 0 rings (SSSR count). The van der Waals surface area contributed by atoms with Crippen molar-refractivity contribution in [3.8, 4) is 0 Å². The van der Waals surface area contributed by atoms with Crippen LogP contribution in [0.4, 0.5) is 0 Å². The van der Waals surface area contributed by atoms with E-state index in [0.29, 0.717) is 12.8 Å². The molecular weight excluding hydrogens is 786 g/mol. The predicted octanol–water partition coefficient (Wildman–Crippen LogP) is 14.0. The van der Waals surface area contributed by atoms with E-state index >= 15 is 0 Å². The van der Waals surface area contributed by atoms with Crippen molar-refractivity contribution in [3.63, 3.8) is 0 Å². The second-order valence-corrected chi connectivity index (χ2v) is 17.2. The molecule has 9 nitrogen and oxygen atoms in total. The van der Waals surface area contributed by atoms with Gasteiger partial charge in [0.25, 0.3) is 0 Å². The van der Waals surface area contributed by atoms with Crippen molar-refractivity contribution in [2.24, 2.45) is 0 Å². The van der Waals surface area contributed by atoms with Crippen molar-refractivity contribution in [1.29, 1.82) is 0 Å². The Morgan fingerprint density at radius 2 is 0.885 bits per heavy atom. The monoisotopic (exact) mass is 874 g/mol. The van der Waals surface area contributed by atoms with Gasteiger partial charge in [-0.1, -0.05) is 170 Å². The fourth-order valence-corrected chi connectivity index (χ4v) is 6.89. The summed E-state index contributed by atoms with van der Waals surface area (Å²) in [5.74, 6) is -0.552. The molecule has 61 heavy (non-hydrogen) atoms. The smallest absolute Gasteiger partial charge is 0.463 e. The fraction of sp³-hybridized carbons (Fsp3) is 0.686. The Morgan fingerprint density at radius 3 is 1.33 bits per heavy atom. The minimum atomic E-state index is -4.43. The lowest BCUT2D eigenvalue weighted by Gasteiger charge is -2.15. The Kier molecular flexibility index (Phi) is 44.5. The summed E-state index contributed by atoms with van der Waals surface area (Å²) in [6, 6.07) is 0. The average molecular weight is 874 g/mol. The Labute approximate surface area is 373 Å². The molecule has 0 aromatic rings. The molecule has 0 radical (unpaired) electrons. The maximum Gasteiger partial charge on any atom is 0.472 e. The molecule has 350 valence electrons. The SMILES string of the molecule is CCCCC/C=C\C/C=C\C/C=C\C/C=C\CCCCCCCC(=O)OCC(O)COP(=O)(O)OCCNC(=O)CCCCCCCC/C=C\C/C=C\C/C=C\CCCCC. The van der Waals surface area contributed by atoms with Crippen molar-refractivity contribution >= 4 is 19.7 Å². The van der Waals surface area contributed by atoms with E-state index in [2.05, 4.69) is 104 Å². The van der Waals surface area contributed by atoms with Crippen LogP contribution in [0.2, 0.25) is 0 Å². The van der Waals surface area contributed by atoms with E-state index in [1.807, 2.05) is 0 Å². The molecule has 0 aliphatic rings. The molecule has 2 atom stereocenters. The van der Waals surface area contributed by atoms with Crippen LogP contribution >= 0.6 is 7.82 Å². The van der Waals surface area contributed by atoms with E-state index in [-0.39, 0.29) is 32.1 Å². The lowest BCUT2D eigenvalue weighted by Crippen LogP contribution is -2.27. The largest absolute Gasteiger partial charge is 0.472 e. The van der Waals surface area contributed by atoms with Gasteiger partial charge < -0.3 is 20.1 Å². The van der Waals surface area contributed by atoms with Crippen LogP contribution in [-0.2, 0) is 27.9 Å². The summed E-state index contributed by atoms with van der Waals surface area (Å²) in [7, 11) is -4.43. The van der Waals surface area contributed by atoms with Gasteiger partial charge in [-0.25, -0.2) is 4.57 Å². The molecule has 1 amide bonds. The molecule has 10 heteroatoms. The van der Waals surface area contributed by atoms with Crippen LogP contribution in [0, 0.1) is 0 Å². The first kappa shape index (κ1) is 58.2. The number of allylic oxidation sites excluding steroid dienone is 14. The third-order valence-corrected chi connectivity index (χ3v) is 10.8. The molecule has 0 aliphatic carbocycles. The summed E-state index contributed by atoms with van der Waals surface area (Å²) in [6.45, 7) is 3.45. The molecule has 2 unspecified atom stereocenters. The van der Waals surface area contributed by atoms with Crippen LogP contribution < -0.4 is 5.32 Å². The lowest BCUT2D eigenvalue weighted by atomic mass is 10.1. The van der Waals surface area contributed by atoms with Crippen molar-refractivity contribution in [3.05, 3.63) is 85.1 Å². The maximum absolute atomic E-state index is 12.1. The van der Waals surface area contributed by atoms with E-state index in [1.54, 1.807) is 0 Å². The molecule has 0 aromatic heterocycles. The summed E-state index contributed by atoms with van der Waals surface area (Å²) < 4.78 is 26.9. The number of phosphoric ester groups is 1. The van der Waals surface area contributed by atoms with Gasteiger partial charge in [-0.05, 0) is 96.3 Å². The predicted molar refractivity (Wildman–Crippen MR) is 256 cm³/mol. The highest BCUT2D eigenvalue weighted by atomic mass is 31.2. The van der Waals surface area contributed by atoms with Gasteiger partial charge in [0, 0.05) is 19.4 Å². The molecule has 0 heterocycles. The lowest BCUT2D eigenvalue weighted by molar-refractivity contribution is -0.147. The highest BCUT2D eigenvalue weighted by molar-refractivity contribution is 7.47. The number of aliphatic hydroxyl groups is 1. The third kappa shape index (κ3) is 48.1. The minimum absolute atomic E-state index is 0.0672. The van der Waals surface area contributed by atoms with E-state index < -0.39 is 26.5 Å². The highest BCUT2D eigenvalue weighted by Gasteiger charge is 2.23. The molecule has 0 spiro atoms. The number of unbranched alkanes of at least 4 members (excludes halogenated alkanes) is 17. The van der Waals surface area contributed by atoms with Gasteiger partial charge in [-0.15, -0.1) is 0 Å². The quantitative estimate of drug-likeness (QED) is 0.0239. The zero-order valence-corrected chi connectivity index (χ0v) is 39.5. The van der Waals surface area contributed by atoms with E-state index in [0.717, 1.165) is 96.3 Å². The Bertz CT molecular complexity index is 1270. The molecule has 0 aromatic carbocycles. The third-order valence-electron chi connectivity index (χ3n) is 9.80. The molecule has 0 aliphatic heterocycles. The van der Waals surface area contributed by atoms with Crippen LogP contribution in [0.25, 0.3) is 0 Å². The number of ether oxygens (including phenoxy) is 1. The summed E-state index contributed by atoms with van der Waals surface area (Å²) in [5, 5.41) is 12.7. The first-order valence-corrected chi connectivity index (χ1v) is 25.6. The number of carbonyl (C=O) groups is 2. The number of hydrogen-bond donors (Lipinski definition) is 3. The van der Waals surface area contributed by atoms with E-state index in [4.69, 9.17) is 13.8 Å². The summed E-state index contributed by atoms with van der Waals surface area (Å²) in [6.07, 6.45) is 59.3. The van der Waals surface area contributed by atoms with Crippen molar-refractivity contribution in [2.75, 3.05) is 26.4 Å². The number of amides is 1. The molecule has 0 saturated heterocycles. The van der Waals surface area contributed by atoms with Crippen molar-refractivity contribution in [1.82, 2.24) is 5.32 Å². The second-order valence-electron chi connectivity index (χ2n) is 15.7. The average Bonchev–Trinajstić information content (AvgIpc) is 3.25. The van der Waals surface area contributed by atoms with Gasteiger partial charge in [0.1, 0.15) is 12.7 Å². The van der Waals surface area contributed by atoms with Crippen LogP contribution in [0.1, 0.15) is 194 Å². The zero-order valence-electron chi connectivity index (χ0n) is 38.6. The van der Waals surface area contributed by atoms with Gasteiger partial charge in [0.2, 0.25) is 5.91 Å². The van der Waals surface area contributed by atoms with Crippen LogP contribution in [0.5, 0.6) is 0 Å². The van der Waals surface area contributed by atoms with Crippen LogP contribution in [0.3, 0.4) is 0 Å². The number of esters is 1. The van der Waals surface area contributed by atoms with Crippen molar-refractivity contribution in [2.45, 2.75) is 200 Å². The zero-order chi connectivity index (χ0) is 44.6. The van der Waals surface area contributed by atoms with Gasteiger partial charge in [0.05, 0.1) is 13.2 Å². The normalized spacial score (nSPS) is 14.0. The summed E-state index contributed by atoms with van der Waals surface area (Å²) in [5.41, 5.74) is 0. The number of carbonyl (C=O) groups excluding carboxylic acids is 2. The van der Waals surface area contributed by atoms with Gasteiger partial charge in [-0.2, -0.15) is 0 Å². The standard InChI is InChI=1S/C51H88NO8P/c1-3-5-7-9-11-13-15-17-19-21-23-24-26-28-30-32-34-36-38-40-42-44-51(55)58-47-49(53)48-60-61(56,57)59-46-45-52-50(54)43-41-39-37-35-33-31-29-27-25-22-20-18-16-14-12-10-8-6-4-2/h11-14,17-20,23-25,27-28,30,49,53H,3-10,15-16,21-22,26,29,31-48H2,1-2H3,(H,52,54)(H,56,57)/b13-11-,14-12-,19-17-,20-18-,24-23-,27-25-,30-28-. The van der Waals surface area contributed by atoms with Crippen LogP contribution in [0.15, 0.2) is 85.1 Å². The molecule has 0 saturated carbocycles. The van der Waals surface area contributed by atoms with Crippen LogP contribution in [-0.4, -0.2) is 54.3 Å². The van der Waals surface area contributed by atoms with Gasteiger partial charge in [0.15, 0.2) is 0 Å². The molecule has 0 bridgehead atoms. The molecular formula is C51H88NO8P. The van der Waals surface area contributed by atoms with Crippen molar-refractivity contribution < 1.29 is 37.9 Å². The summed E-state index contributed by atoms with van der Waals surface area (Å²) >= 11 is 0. The Balaban J connectivity index is 3.66. The Morgan fingerprint density at radius 1 is 0.508 bits per heavy atom. The molecule has 3 N–H and O–H groups in total. The maximum atomic E-state index is 12.1. The van der Waals surface area contributed by atoms with Gasteiger partial charge >= 0.3 is 13.8 Å². The highest BCUT2D eigenvalue weighted by Crippen LogP contribution is 2.42. The van der Waals surface area contributed by atoms with Gasteiger partial charge in [-0.3, -0.25) is 18.6 Å². The number of rotatable bonds is 44. The molecule has 0 fully saturated rings. The second kappa shape index (κ2) is 46.7. The number of hydrogen-bond acceptors (Lipinski definition) is 7. The minimum Gasteiger partial charge on any atom is -0.463 e. The van der Waals surface area contributed by atoms with E-state index in [9.17, 15) is 24.2 Å². The fourth-order valence-electron chi connectivity index (χ4n) is 6.13. The first-order chi connectivity index (χ1) is 29.8. The first-order valence-electron chi connectivity index (χ1n) is 24.1. The topological polar surface area (TPSA) is 131 Å². The Hall–Kier alpha value is -2.81. The number of phosphoric acid groups is 1. The number of aliphatic hydroxyl groups excluding tert-OH is 1.